The molecule has 5 rings (SSSR count). The Morgan fingerprint density at radius 3 is 2.38 bits per heavy atom. The SMILES string of the molecule is CC(C)(c1ccc2sc(C(=O)Nc3cc(Oc4ccc(Cl)cc4)cc(N4CCC4)c3)cc2c1)S(C)(=O)=O. The van der Waals surface area contributed by atoms with Crippen LogP contribution in [0.5, 0.6) is 11.5 Å². The summed E-state index contributed by atoms with van der Waals surface area (Å²) in [5.41, 5.74) is 2.31. The van der Waals surface area contributed by atoms with Crippen LogP contribution in [0, 0.1) is 0 Å². The Hall–Kier alpha value is -3.07. The van der Waals surface area contributed by atoms with Gasteiger partial charge in [0.25, 0.3) is 5.91 Å². The normalized spacial score (nSPS) is 13.9. The predicted octanol–water partition coefficient (Wildman–Crippen LogP) is 7.09. The third-order valence-corrected chi connectivity index (χ3v) is 10.2. The van der Waals surface area contributed by atoms with E-state index in [9.17, 15) is 13.2 Å². The third kappa shape index (κ3) is 5.32. The maximum atomic E-state index is 13.2. The van der Waals surface area contributed by atoms with Crippen LogP contribution in [-0.4, -0.2) is 33.7 Å². The van der Waals surface area contributed by atoms with Crippen LogP contribution in [0.3, 0.4) is 0 Å². The first-order valence-corrected chi connectivity index (χ1v) is 15.0. The largest absolute Gasteiger partial charge is 0.457 e. The molecule has 1 aliphatic heterocycles. The minimum Gasteiger partial charge on any atom is -0.457 e. The van der Waals surface area contributed by atoms with Crippen molar-refractivity contribution in [3.63, 3.8) is 0 Å². The highest BCUT2D eigenvalue weighted by Gasteiger charge is 2.32. The molecule has 2 heterocycles. The van der Waals surface area contributed by atoms with Crippen molar-refractivity contribution >= 4 is 60.1 Å². The van der Waals surface area contributed by atoms with Gasteiger partial charge in [0.15, 0.2) is 9.84 Å². The van der Waals surface area contributed by atoms with E-state index < -0.39 is 14.6 Å². The number of sulfone groups is 1. The van der Waals surface area contributed by atoms with E-state index in [1.54, 1.807) is 44.2 Å². The van der Waals surface area contributed by atoms with Crippen LogP contribution < -0.4 is 15.0 Å². The second-order valence-corrected chi connectivity index (χ2v) is 13.8. The standard InChI is InChI=1S/C28H27ClN2O4S2/c1-28(2,37(3,33)34)19-5-10-25-18(13-19)14-26(36-25)27(32)30-21-15-22(31-11-4-12-31)17-24(16-21)35-23-8-6-20(29)7-9-23/h5-10,13-17H,4,11-12H2,1-3H3,(H,30,32). The van der Waals surface area contributed by atoms with Gasteiger partial charge in [0.05, 0.1) is 9.62 Å². The van der Waals surface area contributed by atoms with Crippen LogP contribution in [0.4, 0.5) is 11.4 Å². The molecule has 0 saturated carbocycles. The molecular weight excluding hydrogens is 528 g/mol. The lowest BCUT2D eigenvalue weighted by Crippen LogP contribution is -2.37. The number of fused-ring (bicyclic) bond motifs is 1. The van der Waals surface area contributed by atoms with Gasteiger partial charge in [0.1, 0.15) is 11.5 Å². The highest BCUT2D eigenvalue weighted by Crippen LogP contribution is 2.36. The van der Waals surface area contributed by atoms with E-state index in [1.807, 2.05) is 36.4 Å². The number of anilines is 2. The number of amides is 1. The molecule has 1 fully saturated rings. The molecule has 0 unspecified atom stereocenters. The van der Waals surface area contributed by atoms with Gasteiger partial charge in [0.2, 0.25) is 0 Å². The molecule has 1 saturated heterocycles. The summed E-state index contributed by atoms with van der Waals surface area (Å²) in [5, 5.41) is 4.48. The van der Waals surface area contributed by atoms with Crippen molar-refractivity contribution in [2.75, 3.05) is 29.6 Å². The molecule has 0 aliphatic carbocycles. The van der Waals surface area contributed by atoms with Gasteiger partial charge in [0, 0.05) is 52.6 Å². The lowest BCUT2D eigenvalue weighted by atomic mass is 10.0. The fourth-order valence-corrected chi connectivity index (χ4v) is 5.67. The van der Waals surface area contributed by atoms with Crippen LogP contribution in [-0.2, 0) is 14.6 Å². The molecule has 37 heavy (non-hydrogen) atoms. The Kier molecular flexibility index (Phi) is 6.68. The number of rotatable bonds is 7. The smallest absolute Gasteiger partial charge is 0.265 e. The van der Waals surface area contributed by atoms with E-state index in [0.29, 0.717) is 32.6 Å². The van der Waals surface area contributed by atoms with Crippen LogP contribution >= 0.6 is 22.9 Å². The maximum absolute atomic E-state index is 13.2. The molecule has 3 aromatic carbocycles. The number of carbonyl (C=O) groups is 1. The van der Waals surface area contributed by atoms with Crippen LogP contribution in [0.15, 0.2) is 66.7 Å². The number of benzene rings is 3. The lowest BCUT2D eigenvalue weighted by Gasteiger charge is -2.33. The topological polar surface area (TPSA) is 75.7 Å². The van der Waals surface area contributed by atoms with Gasteiger partial charge in [-0.25, -0.2) is 8.42 Å². The van der Waals surface area contributed by atoms with E-state index in [2.05, 4.69) is 10.2 Å². The van der Waals surface area contributed by atoms with E-state index in [1.165, 1.54) is 17.6 Å². The number of hydrogen-bond donors (Lipinski definition) is 1. The summed E-state index contributed by atoms with van der Waals surface area (Å²) in [5.74, 6) is 1.04. The zero-order valence-electron chi connectivity index (χ0n) is 20.7. The predicted molar refractivity (Wildman–Crippen MR) is 152 cm³/mol. The first-order valence-electron chi connectivity index (χ1n) is 11.9. The van der Waals surface area contributed by atoms with Crippen molar-refractivity contribution in [2.45, 2.75) is 25.0 Å². The molecule has 1 amide bonds. The monoisotopic (exact) mass is 554 g/mol. The van der Waals surface area contributed by atoms with Gasteiger partial charge >= 0.3 is 0 Å². The molecule has 6 nitrogen and oxygen atoms in total. The number of halogens is 1. The van der Waals surface area contributed by atoms with E-state index >= 15 is 0 Å². The number of thiophene rings is 1. The molecular formula is C28H27ClN2O4S2. The highest BCUT2D eigenvalue weighted by molar-refractivity contribution is 7.91. The van der Waals surface area contributed by atoms with E-state index in [-0.39, 0.29) is 5.91 Å². The Morgan fingerprint density at radius 2 is 1.73 bits per heavy atom. The van der Waals surface area contributed by atoms with Gasteiger partial charge in [-0.1, -0.05) is 17.7 Å². The molecule has 0 bridgehead atoms. The zero-order chi connectivity index (χ0) is 26.4. The summed E-state index contributed by atoms with van der Waals surface area (Å²) in [4.78, 5) is 16.0. The number of carbonyl (C=O) groups excluding carboxylic acids is 1. The first kappa shape index (κ1) is 25.6. The van der Waals surface area contributed by atoms with Crippen molar-refractivity contribution in [1.82, 2.24) is 0 Å². The van der Waals surface area contributed by atoms with Crippen molar-refractivity contribution in [3.8, 4) is 11.5 Å². The molecule has 0 spiro atoms. The van der Waals surface area contributed by atoms with Crippen LogP contribution in [0.2, 0.25) is 5.02 Å². The molecule has 4 aromatic rings. The van der Waals surface area contributed by atoms with Crippen molar-refractivity contribution in [1.29, 1.82) is 0 Å². The number of nitrogens with zero attached hydrogens (tertiary/aromatic N) is 1. The molecule has 192 valence electrons. The zero-order valence-corrected chi connectivity index (χ0v) is 23.1. The summed E-state index contributed by atoms with van der Waals surface area (Å²) < 4.78 is 30.5. The Morgan fingerprint density at radius 1 is 1.00 bits per heavy atom. The second kappa shape index (κ2) is 9.67. The van der Waals surface area contributed by atoms with Crippen molar-refractivity contribution in [3.05, 3.63) is 82.2 Å². The molecule has 0 radical (unpaired) electrons. The van der Waals surface area contributed by atoms with Crippen LogP contribution in [0.25, 0.3) is 10.1 Å². The van der Waals surface area contributed by atoms with Crippen molar-refractivity contribution < 1.29 is 17.9 Å². The average Bonchev–Trinajstić information content (AvgIpc) is 3.22. The highest BCUT2D eigenvalue weighted by atomic mass is 35.5. The summed E-state index contributed by atoms with van der Waals surface area (Å²) in [6.07, 6.45) is 2.37. The maximum Gasteiger partial charge on any atom is 0.265 e. The molecule has 1 N–H and O–H groups in total. The van der Waals surface area contributed by atoms with Gasteiger partial charge < -0.3 is 15.0 Å². The fourth-order valence-electron chi connectivity index (χ4n) is 4.05. The van der Waals surface area contributed by atoms with Gasteiger partial charge in [-0.3, -0.25) is 4.79 Å². The molecule has 9 heteroatoms. The minimum atomic E-state index is -3.31. The Bertz CT molecular complexity index is 1590. The molecule has 1 aromatic heterocycles. The quantitative estimate of drug-likeness (QED) is 0.264. The second-order valence-electron chi connectivity index (χ2n) is 9.71. The number of nitrogens with one attached hydrogen (secondary N) is 1. The van der Waals surface area contributed by atoms with Gasteiger partial charge in [-0.15, -0.1) is 11.3 Å². The van der Waals surface area contributed by atoms with E-state index in [0.717, 1.165) is 35.3 Å². The summed E-state index contributed by atoms with van der Waals surface area (Å²) in [7, 11) is -3.31. The van der Waals surface area contributed by atoms with Crippen LogP contribution in [0.1, 0.15) is 35.5 Å². The average molecular weight is 555 g/mol. The molecule has 0 atom stereocenters. The Labute approximate surface area is 225 Å². The Balaban J connectivity index is 1.41. The fraction of sp³-hybridized carbons (Fsp3) is 0.250. The van der Waals surface area contributed by atoms with E-state index in [4.69, 9.17) is 16.3 Å². The minimum absolute atomic E-state index is 0.233. The summed E-state index contributed by atoms with van der Waals surface area (Å²) in [6, 6.07) is 20.2. The number of hydrogen-bond acceptors (Lipinski definition) is 6. The molecule has 1 aliphatic rings. The first-order chi connectivity index (χ1) is 17.5. The van der Waals surface area contributed by atoms with Crippen molar-refractivity contribution in [2.24, 2.45) is 0 Å². The van der Waals surface area contributed by atoms with Gasteiger partial charge in [-0.05, 0) is 79.7 Å². The summed E-state index contributed by atoms with van der Waals surface area (Å²) in [6.45, 7) is 5.30. The van der Waals surface area contributed by atoms with Gasteiger partial charge in [-0.2, -0.15) is 0 Å². The number of ether oxygens (including phenoxy) is 1. The summed E-state index contributed by atoms with van der Waals surface area (Å²) >= 11 is 7.36. The lowest BCUT2D eigenvalue weighted by molar-refractivity contribution is 0.103. The third-order valence-electron chi connectivity index (χ3n) is 6.78.